The van der Waals surface area contributed by atoms with Gasteiger partial charge in [-0.2, -0.15) is 5.10 Å². The van der Waals surface area contributed by atoms with Crippen molar-refractivity contribution in [3.63, 3.8) is 0 Å². The lowest BCUT2D eigenvalue weighted by Crippen LogP contribution is -2.38. The van der Waals surface area contributed by atoms with Crippen LogP contribution in [0.5, 0.6) is 0 Å². The van der Waals surface area contributed by atoms with Crippen molar-refractivity contribution >= 4 is 5.91 Å². The number of pyridine rings is 1. The van der Waals surface area contributed by atoms with E-state index in [0.717, 1.165) is 24.9 Å². The van der Waals surface area contributed by atoms with Crippen LogP contribution in [-0.2, 0) is 17.8 Å². The molecule has 3 rings (SSSR count). The predicted octanol–water partition coefficient (Wildman–Crippen LogP) is 1.30. The van der Waals surface area contributed by atoms with Gasteiger partial charge in [-0.3, -0.25) is 14.3 Å². The van der Waals surface area contributed by atoms with E-state index in [1.165, 1.54) is 10.6 Å². The molecule has 0 aromatic carbocycles. The van der Waals surface area contributed by atoms with E-state index in [0.29, 0.717) is 25.3 Å². The van der Waals surface area contributed by atoms with E-state index in [1.807, 2.05) is 28.9 Å². The molecule has 2 aromatic heterocycles. The van der Waals surface area contributed by atoms with Crippen LogP contribution in [-0.4, -0.2) is 51.5 Å². The molecule has 0 N–H and O–H groups in total. The molecule has 7 nitrogen and oxygen atoms in total. The van der Waals surface area contributed by atoms with Crippen LogP contribution in [0.1, 0.15) is 28.8 Å². The number of nitrogens with zero attached hydrogens (tertiary/aromatic N) is 4. The monoisotopic (exact) mass is 344 g/mol. The molecule has 0 bridgehead atoms. The first-order valence-electron chi connectivity index (χ1n) is 8.58. The van der Waals surface area contributed by atoms with E-state index in [9.17, 15) is 9.59 Å². The van der Waals surface area contributed by atoms with Gasteiger partial charge in [0.25, 0.3) is 11.5 Å². The lowest BCUT2D eigenvalue weighted by Gasteiger charge is -2.25. The average molecular weight is 344 g/mol. The zero-order valence-corrected chi connectivity index (χ0v) is 14.7. The van der Waals surface area contributed by atoms with Gasteiger partial charge in [0.1, 0.15) is 0 Å². The Morgan fingerprint density at radius 1 is 1.36 bits per heavy atom. The molecule has 1 amide bonds. The number of methoxy groups -OCH3 is 1. The number of ether oxygens (including phenoxy) is 1. The Hall–Kier alpha value is -2.41. The Labute approximate surface area is 146 Å². The second-order valence-electron chi connectivity index (χ2n) is 6.48. The van der Waals surface area contributed by atoms with E-state index in [1.54, 1.807) is 19.4 Å². The van der Waals surface area contributed by atoms with Gasteiger partial charge in [0.2, 0.25) is 0 Å². The molecule has 1 atom stereocenters. The Balaban J connectivity index is 1.76. The third-order valence-electron chi connectivity index (χ3n) is 4.56. The van der Waals surface area contributed by atoms with Gasteiger partial charge in [0, 0.05) is 38.7 Å². The fourth-order valence-electron chi connectivity index (χ4n) is 3.26. The molecule has 1 saturated heterocycles. The van der Waals surface area contributed by atoms with Gasteiger partial charge >= 0.3 is 0 Å². The first-order valence-corrected chi connectivity index (χ1v) is 8.58. The van der Waals surface area contributed by atoms with Crippen molar-refractivity contribution in [2.24, 2.45) is 0 Å². The topological polar surface area (TPSA) is 69.4 Å². The molecule has 0 saturated carbocycles. The highest BCUT2D eigenvalue weighted by molar-refractivity contribution is 5.94. The van der Waals surface area contributed by atoms with Crippen molar-refractivity contribution in [2.75, 3.05) is 20.3 Å². The van der Waals surface area contributed by atoms with Crippen LogP contribution >= 0.6 is 0 Å². The third kappa shape index (κ3) is 3.99. The van der Waals surface area contributed by atoms with E-state index in [-0.39, 0.29) is 17.5 Å². The summed E-state index contributed by atoms with van der Waals surface area (Å²) in [7, 11) is 1.59. The van der Waals surface area contributed by atoms with Gasteiger partial charge in [-0.15, -0.1) is 0 Å². The summed E-state index contributed by atoms with van der Waals surface area (Å²) in [6.45, 7) is 4.31. The molecule has 0 spiro atoms. The molecule has 1 unspecified atom stereocenters. The third-order valence-corrected chi connectivity index (χ3v) is 4.56. The highest BCUT2D eigenvalue weighted by Gasteiger charge is 2.30. The van der Waals surface area contributed by atoms with Crippen LogP contribution < -0.4 is 5.56 Å². The average Bonchev–Trinajstić information content (AvgIpc) is 3.23. The Morgan fingerprint density at radius 2 is 2.20 bits per heavy atom. The molecule has 134 valence electrons. The molecule has 1 aliphatic rings. The van der Waals surface area contributed by atoms with Gasteiger partial charge in [-0.05, 0) is 31.4 Å². The first kappa shape index (κ1) is 17.4. The molecule has 1 aliphatic heterocycles. The lowest BCUT2D eigenvalue weighted by molar-refractivity contribution is 0.0720. The maximum Gasteiger partial charge on any atom is 0.255 e. The van der Waals surface area contributed by atoms with Crippen LogP contribution in [0.3, 0.4) is 0 Å². The second-order valence-corrected chi connectivity index (χ2v) is 6.48. The molecular formula is C18H24N4O3. The minimum Gasteiger partial charge on any atom is -0.383 e. The van der Waals surface area contributed by atoms with Crippen molar-refractivity contribution in [3.8, 4) is 0 Å². The van der Waals surface area contributed by atoms with Crippen molar-refractivity contribution in [2.45, 2.75) is 38.9 Å². The quantitative estimate of drug-likeness (QED) is 0.792. The normalized spacial score (nSPS) is 17.2. The van der Waals surface area contributed by atoms with Crippen molar-refractivity contribution in [3.05, 3.63) is 52.2 Å². The summed E-state index contributed by atoms with van der Waals surface area (Å²) in [4.78, 5) is 26.7. The van der Waals surface area contributed by atoms with Crippen molar-refractivity contribution < 1.29 is 9.53 Å². The van der Waals surface area contributed by atoms with Crippen molar-refractivity contribution in [1.82, 2.24) is 19.2 Å². The molecule has 0 radical (unpaired) electrons. The molecule has 0 aliphatic carbocycles. The second kappa shape index (κ2) is 7.65. The highest BCUT2D eigenvalue weighted by atomic mass is 16.5. The summed E-state index contributed by atoms with van der Waals surface area (Å²) in [5.41, 5.74) is 1.53. The Morgan fingerprint density at radius 3 is 2.92 bits per heavy atom. The smallest absolute Gasteiger partial charge is 0.255 e. The summed E-state index contributed by atoms with van der Waals surface area (Å²) in [5.74, 6) is -0.0301. The minimum atomic E-state index is -0.126. The fraction of sp³-hybridized carbons (Fsp3) is 0.500. The van der Waals surface area contributed by atoms with Gasteiger partial charge in [0.05, 0.1) is 31.0 Å². The number of amides is 1. The standard InChI is InChI=1S/C18H24N4O3/c1-14-10-19-21(11-14)13-16-4-3-7-22(16)18(24)15-5-6-17(23)20(12-15)8-9-25-2/h5-6,10-12,16H,3-4,7-9,13H2,1-2H3. The van der Waals surface area contributed by atoms with Crippen LogP contribution in [0.2, 0.25) is 0 Å². The highest BCUT2D eigenvalue weighted by Crippen LogP contribution is 2.21. The van der Waals surface area contributed by atoms with E-state index >= 15 is 0 Å². The SMILES string of the molecule is COCCn1cc(C(=O)N2CCCC2Cn2cc(C)cn2)ccc1=O. The fourth-order valence-corrected chi connectivity index (χ4v) is 3.26. The number of aromatic nitrogens is 3. The van der Waals surface area contributed by atoms with E-state index in [4.69, 9.17) is 4.74 Å². The van der Waals surface area contributed by atoms with Crippen LogP contribution in [0.4, 0.5) is 0 Å². The summed E-state index contributed by atoms with van der Waals surface area (Å²) in [6, 6.07) is 3.19. The minimum absolute atomic E-state index is 0.0301. The number of likely N-dealkylation sites (tertiary alicyclic amines) is 1. The predicted molar refractivity (Wildman–Crippen MR) is 93.6 cm³/mol. The molecule has 7 heteroatoms. The van der Waals surface area contributed by atoms with E-state index < -0.39 is 0 Å². The number of aryl methyl sites for hydroxylation is 1. The maximum absolute atomic E-state index is 12.9. The molecular weight excluding hydrogens is 320 g/mol. The molecule has 2 aromatic rings. The Kier molecular flexibility index (Phi) is 5.33. The van der Waals surface area contributed by atoms with E-state index in [2.05, 4.69) is 5.10 Å². The number of carbonyl (C=O) groups is 1. The zero-order chi connectivity index (χ0) is 17.8. The van der Waals surface area contributed by atoms with Gasteiger partial charge in [0.15, 0.2) is 0 Å². The summed E-state index contributed by atoms with van der Waals surface area (Å²) in [5, 5.41) is 4.32. The summed E-state index contributed by atoms with van der Waals surface area (Å²) >= 11 is 0. The zero-order valence-electron chi connectivity index (χ0n) is 14.7. The van der Waals surface area contributed by atoms with Crippen LogP contribution in [0.15, 0.2) is 35.5 Å². The molecule has 1 fully saturated rings. The number of hydrogen-bond donors (Lipinski definition) is 0. The van der Waals surface area contributed by atoms with Crippen LogP contribution in [0, 0.1) is 6.92 Å². The largest absolute Gasteiger partial charge is 0.383 e. The number of carbonyl (C=O) groups excluding carboxylic acids is 1. The van der Waals surface area contributed by atoms with Gasteiger partial charge in [-0.1, -0.05) is 0 Å². The summed E-state index contributed by atoms with van der Waals surface area (Å²) < 4.78 is 8.44. The first-order chi connectivity index (χ1) is 12.1. The molecule has 3 heterocycles. The van der Waals surface area contributed by atoms with Gasteiger partial charge < -0.3 is 14.2 Å². The maximum atomic E-state index is 12.9. The lowest BCUT2D eigenvalue weighted by atomic mass is 10.2. The number of hydrogen-bond acceptors (Lipinski definition) is 4. The van der Waals surface area contributed by atoms with Gasteiger partial charge in [-0.25, -0.2) is 0 Å². The van der Waals surface area contributed by atoms with Crippen LogP contribution in [0.25, 0.3) is 0 Å². The summed E-state index contributed by atoms with van der Waals surface area (Å²) in [6.07, 6.45) is 7.41. The Bertz CT molecular complexity index is 796. The van der Waals surface area contributed by atoms with Crippen molar-refractivity contribution in [1.29, 1.82) is 0 Å². The molecule has 25 heavy (non-hydrogen) atoms. The number of rotatable bonds is 6.